The van der Waals surface area contributed by atoms with Gasteiger partial charge < -0.3 is 0 Å². The summed E-state index contributed by atoms with van der Waals surface area (Å²) in [5.74, 6) is -0.677. The molecule has 2 aromatic carbocycles. The van der Waals surface area contributed by atoms with Crippen LogP contribution in [-0.4, -0.2) is 11.7 Å². The van der Waals surface area contributed by atoms with Crippen molar-refractivity contribution >= 4 is 17.4 Å². The number of anilines is 1. The number of hydrogen-bond donors (Lipinski definition) is 0. The van der Waals surface area contributed by atoms with Gasteiger partial charge in [-0.1, -0.05) is 24.3 Å². The molecule has 0 saturated carbocycles. The van der Waals surface area contributed by atoms with E-state index in [1.54, 1.807) is 4.90 Å². The highest BCUT2D eigenvalue weighted by Gasteiger charge is 2.40. The first-order chi connectivity index (χ1) is 13.8. The van der Waals surface area contributed by atoms with Crippen molar-refractivity contribution in [2.75, 3.05) is 4.90 Å². The molecule has 0 fully saturated rings. The Balaban J connectivity index is 1.80. The molecule has 1 aliphatic carbocycles. The van der Waals surface area contributed by atoms with E-state index >= 15 is 0 Å². The van der Waals surface area contributed by atoms with Crippen molar-refractivity contribution in [3.63, 3.8) is 0 Å². The Bertz CT molecular complexity index is 1010. The van der Waals surface area contributed by atoms with Gasteiger partial charge in [-0.3, -0.25) is 14.5 Å². The van der Waals surface area contributed by atoms with Crippen LogP contribution in [0.1, 0.15) is 48.3 Å². The fourth-order valence-corrected chi connectivity index (χ4v) is 4.25. The predicted octanol–water partition coefficient (Wildman–Crippen LogP) is 5.54. The molecule has 1 aliphatic heterocycles. The molecule has 1 amide bonds. The van der Waals surface area contributed by atoms with Crippen LogP contribution in [0.15, 0.2) is 59.8 Å². The number of amides is 1. The van der Waals surface area contributed by atoms with E-state index in [1.807, 2.05) is 31.2 Å². The molecule has 0 saturated heterocycles. The number of hydrogen-bond acceptors (Lipinski definition) is 2. The Labute approximate surface area is 166 Å². The maximum Gasteiger partial charge on any atom is 0.416 e. The number of alkyl halides is 3. The Morgan fingerprint density at radius 2 is 1.72 bits per heavy atom. The summed E-state index contributed by atoms with van der Waals surface area (Å²) in [4.78, 5) is 27.5. The zero-order valence-corrected chi connectivity index (χ0v) is 15.9. The van der Waals surface area contributed by atoms with Gasteiger partial charge in [0.25, 0.3) is 0 Å². The van der Waals surface area contributed by atoms with Gasteiger partial charge in [0.05, 0.1) is 5.56 Å². The second-order valence-corrected chi connectivity index (χ2v) is 7.58. The van der Waals surface area contributed by atoms with Gasteiger partial charge in [0.15, 0.2) is 5.78 Å². The van der Waals surface area contributed by atoms with Crippen molar-refractivity contribution in [1.29, 1.82) is 0 Å². The third-order valence-electron chi connectivity index (χ3n) is 5.58. The number of rotatable bonds is 2. The number of aryl methyl sites for hydroxylation is 1. The van der Waals surface area contributed by atoms with Crippen LogP contribution in [0, 0.1) is 6.92 Å². The van der Waals surface area contributed by atoms with E-state index in [1.165, 1.54) is 12.1 Å². The fourth-order valence-electron chi connectivity index (χ4n) is 4.25. The zero-order chi connectivity index (χ0) is 20.8. The van der Waals surface area contributed by atoms with Crippen LogP contribution in [0.25, 0.3) is 0 Å². The van der Waals surface area contributed by atoms with Gasteiger partial charge in [0.1, 0.15) is 0 Å². The Hall–Kier alpha value is -2.89. The maximum atomic E-state index is 13.1. The molecule has 2 aromatic rings. The SMILES string of the molecule is Cc1cccc(N2C(=O)CC(c3ccc(C(F)(F)F)cc3)C3=C2CCCC3=O)c1. The summed E-state index contributed by atoms with van der Waals surface area (Å²) in [6.45, 7) is 1.93. The van der Waals surface area contributed by atoms with Crippen LogP contribution in [0.5, 0.6) is 0 Å². The van der Waals surface area contributed by atoms with Gasteiger partial charge >= 0.3 is 6.18 Å². The Morgan fingerprint density at radius 3 is 2.38 bits per heavy atom. The highest BCUT2D eigenvalue weighted by Crippen LogP contribution is 2.43. The highest BCUT2D eigenvalue weighted by molar-refractivity contribution is 6.07. The number of ketones is 1. The molecule has 1 heterocycles. The minimum atomic E-state index is -4.42. The molecule has 6 heteroatoms. The van der Waals surface area contributed by atoms with E-state index in [-0.39, 0.29) is 18.1 Å². The van der Waals surface area contributed by atoms with Crippen LogP contribution in [-0.2, 0) is 15.8 Å². The second kappa shape index (κ2) is 7.17. The summed E-state index contributed by atoms with van der Waals surface area (Å²) in [7, 11) is 0. The maximum absolute atomic E-state index is 13.1. The second-order valence-electron chi connectivity index (χ2n) is 7.58. The first-order valence-corrected chi connectivity index (χ1v) is 9.59. The van der Waals surface area contributed by atoms with Crippen molar-refractivity contribution < 1.29 is 22.8 Å². The fraction of sp³-hybridized carbons (Fsp3) is 0.304. The lowest BCUT2D eigenvalue weighted by atomic mass is 9.77. The molecule has 0 aromatic heterocycles. The van der Waals surface area contributed by atoms with Gasteiger partial charge in [-0.25, -0.2) is 0 Å². The van der Waals surface area contributed by atoms with E-state index < -0.39 is 17.7 Å². The lowest BCUT2D eigenvalue weighted by Gasteiger charge is -2.38. The number of Topliss-reactive ketones (excluding diaryl/α,β-unsaturated/α-hetero) is 1. The van der Waals surface area contributed by atoms with Crippen molar-refractivity contribution in [2.24, 2.45) is 0 Å². The summed E-state index contributed by atoms with van der Waals surface area (Å²) in [6, 6.07) is 12.3. The number of carbonyl (C=O) groups excluding carboxylic acids is 2. The summed E-state index contributed by atoms with van der Waals surface area (Å²) in [5.41, 5.74) is 2.81. The smallest absolute Gasteiger partial charge is 0.294 e. The van der Waals surface area contributed by atoms with E-state index in [2.05, 4.69) is 0 Å². The molecule has 1 atom stereocenters. The third-order valence-corrected chi connectivity index (χ3v) is 5.58. The van der Waals surface area contributed by atoms with E-state index in [9.17, 15) is 22.8 Å². The van der Waals surface area contributed by atoms with Gasteiger partial charge in [-0.05, 0) is 55.2 Å². The number of allylic oxidation sites excluding steroid dienone is 2. The molecule has 1 unspecified atom stereocenters. The van der Waals surface area contributed by atoms with Crippen LogP contribution >= 0.6 is 0 Å². The van der Waals surface area contributed by atoms with Crippen LogP contribution in [0.4, 0.5) is 18.9 Å². The van der Waals surface area contributed by atoms with Crippen LogP contribution in [0.2, 0.25) is 0 Å². The van der Waals surface area contributed by atoms with Crippen molar-refractivity contribution in [3.05, 3.63) is 76.5 Å². The van der Waals surface area contributed by atoms with E-state index in [0.29, 0.717) is 36.1 Å². The third kappa shape index (κ3) is 3.59. The largest absolute Gasteiger partial charge is 0.416 e. The van der Waals surface area contributed by atoms with E-state index in [4.69, 9.17) is 0 Å². The normalized spacial score (nSPS) is 20.1. The number of benzene rings is 2. The van der Waals surface area contributed by atoms with Gasteiger partial charge in [-0.15, -0.1) is 0 Å². The minimum absolute atomic E-state index is 0.0266. The molecule has 150 valence electrons. The summed E-state index contributed by atoms with van der Waals surface area (Å²) in [5, 5.41) is 0. The highest BCUT2D eigenvalue weighted by atomic mass is 19.4. The molecule has 2 aliphatic rings. The summed E-state index contributed by atoms with van der Waals surface area (Å²) in [6.07, 6.45) is -2.71. The van der Waals surface area contributed by atoms with Gasteiger partial charge in [0, 0.05) is 35.7 Å². The lowest BCUT2D eigenvalue weighted by Crippen LogP contribution is -2.40. The monoisotopic (exact) mass is 399 g/mol. The Kier molecular flexibility index (Phi) is 4.81. The summed E-state index contributed by atoms with van der Waals surface area (Å²) < 4.78 is 38.7. The number of nitrogens with zero attached hydrogens (tertiary/aromatic N) is 1. The first kappa shape index (κ1) is 19.4. The molecule has 4 rings (SSSR count). The molecule has 3 nitrogen and oxygen atoms in total. The molecule has 0 radical (unpaired) electrons. The average molecular weight is 399 g/mol. The molecule has 29 heavy (non-hydrogen) atoms. The molecule has 0 bridgehead atoms. The Morgan fingerprint density at radius 1 is 1.00 bits per heavy atom. The first-order valence-electron chi connectivity index (χ1n) is 9.59. The zero-order valence-electron chi connectivity index (χ0n) is 15.9. The topological polar surface area (TPSA) is 37.4 Å². The quantitative estimate of drug-likeness (QED) is 0.665. The molecular formula is C23H20F3NO2. The predicted molar refractivity (Wildman–Crippen MR) is 103 cm³/mol. The number of halogens is 3. The standard InChI is InChI=1S/C23H20F3NO2/c1-14-4-2-5-17(12-14)27-19-6-3-7-20(28)22(19)18(13-21(27)29)15-8-10-16(11-9-15)23(24,25)26/h2,4-5,8-12,18H,3,6-7,13H2,1H3. The van der Waals surface area contributed by atoms with Crippen LogP contribution in [0.3, 0.4) is 0 Å². The lowest BCUT2D eigenvalue weighted by molar-refractivity contribution is -0.137. The summed E-state index contributed by atoms with van der Waals surface area (Å²) >= 11 is 0. The van der Waals surface area contributed by atoms with Crippen molar-refractivity contribution in [1.82, 2.24) is 0 Å². The average Bonchev–Trinajstić information content (AvgIpc) is 2.67. The van der Waals surface area contributed by atoms with E-state index in [0.717, 1.165) is 23.4 Å². The van der Waals surface area contributed by atoms with Gasteiger partial charge in [-0.2, -0.15) is 13.2 Å². The molecular weight excluding hydrogens is 379 g/mol. The van der Waals surface area contributed by atoms with Crippen molar-refractivity contribution in [2.45, 2.75) is 44.7 Å². The molecule has 0 N–H and O–H groups in total. The van der Waals surface area contributed by atoms with Gasteiger partial charge in [0.2, 0.25) is 5.91 Å². The van der Waals surface area contributed by atoms with Crippen molar-refractivity contribution in [3.8, 4) is 0 Å². The molecule has 0 spiro atoms. The van der Waals surface area contributed by atoms with Crippen LogP contribution < -0.4 is 4.90 Å². The minimum Gasteiger partial charge on any atom is -0.294 e. The number of carbonyl (C=O) groups is 2.